The van der Waals surface area contributed by atoms with E-state index in [4.69, 9.17) is 10.2 Å². The molecule has 0 fully saturated rings. The number of halogens is 1. The number of carbonyl (C=O) groups excluding carboxylic acids is 2. The molecule has 8 nitrogen and oxygen atoms in total. The van der Waals surface area contributed by atoms with Crippen molar-refractivity contribution < 1.29 is 18.4 Å². The molecule has 0 atom stereocenters. The Morgan fingerprint density at radius 1 is 1.28 bits per heavy atom. The van der Waals surface area contributed by atoms with Gasteiger partial charge in [0.1, 0.15) is 17.2 Å². The molecule has 0 aliphatic carbocycles. The number of aryl methyl sites for hydroxylation is 2. The lowest BCUT2D eigenvalue weighted by Crippen LogP contribution is -2.22. The molecule has 3 N–H and O–H groups in total. The lowest BCUT2D eigenvalue weighted by atomic mass is 10.2. The number of carbonyl (C=O) groups is 2. The van der Waals surface area contributed by atoms with Crippen LogP contribution in [0.5, 0.6) is 0 Å². The van der Waals surface area contributed by atoms with E-state index in [1.807, 2.05) is 0 Å². The first-order chi connectivity index (χ1) is 13.8. The molecule has 0 aliphatic rings. The monoisotopic (exact) mass is 395 g/mol. The molecule has 0 bridgehead atoms. The number of hydrogen-bond acceptors (Lipinski definition) is 4. The summed E-state index contributed by atoms with van der Waals surface area (Å²) in [6.07, 6.45) is 1.52. The zero-order chi connectivity index (χ0) is 20.7. The van der Waals surface area contributed by atoms with Gasteiger partial charge in [0.25, 0.3) is 11.8 Å². The van der Waals surface area contributed by atoms with E-state index in [0.29, 0.717) is 28.1 Å². The van der Waals surface area contributed by atoms with Gasteiger partial charge in [-0.15, -0.1) is 0 Å². The number of amides is 2. The summed E-state index contributed by atoms with van der Waals surface area (Å²) in [7, 11) is 1.57. The molecule has 0 unspecified atom stereocenters. The second kappa shape index (κ2) is 6.93. The molecule has 9 heteroatoms. The quantitative estimate of drug-likeness (QED) is 0.542. The van der Waals surface area contributed by atoms with Crippen LogP contribution in [-0.2, 0) is 13.6 Å². The van der Waals surface area contributed by atoms with Gasteiger partial charge in [-0.05, 0) is 24.6 Å². The second-order valence-electron chi connectivity index (χ2n) is 6.67. The largest absolute Gasteiger partial charge is 0.463 e. The lowest BCUT2D eigenvalue weighted by Gasteiger charge is -2.11. The summed E-state index contributed by atoms with van der Waals surface area (Å²) >= 11 is 0. The topological polar surface area (TPSA) is 108 Å². The zero-order valence-electron chi connectivity index (χ0n) is 15.8. The number of nitrogens with zero attached hydrogens (tertiary/aromatic N) is 3. The molecule has 3 heterocycles. The summed E-state index contributed by atoms with van der Waals surface area (Å²) in [5.41, 5.74) is 8.43. The number of anilines is 1. The predicted molar refractivity (Wildman–Crippen MR) is 104 cm³/mol. The minimum atomic E-state index is -0.702. The highest BCUT2D eigenvalue weighted by atomic mass is 19.1. The molecule has 29 heavy (non-hydrogen) atoms. The first kappa shape index (κ1) is 18.5. The Morgan fingerprint density at radius 2 is 2.07 bits per heavy atom. The summed E-state index contributed by atoms with van der Waals surface area (Å²) in [6, 6.07) is 9.47. The van der Waals surface area contributed by atoms with Gasteiger partial charge in [0.05, 0.1) is 23.2 Å². The van der Waals surface area contributed by atoms with Crippen molar-refractivity contribution in [1.29, 1.82) is 0 Å². The van der Waals surface area contributed by atoms with E-state index in [1.54, 1.807) is 42.8 Å². The molecule has 0 saturated heterocycles. The molecule has 148 valence electrons. The maximum atomic E-state index is 13.6. The van der Waals surface area contributed by atoms with Crippen molar-refractivity contribution in [3.63, 3.8) is 0 Å². The fraction of sp³-hybridized carbons (Fsp3) is 0.150. The van der Waals surface area contributed by atoms with E-state index in [0.717, 1.165) is 0 Å². The molecule has 0 radical (unpaired) electrons. The molecule has 4 aromatic rings. The van der Waals surface area contributed by atoms with Crippen LogP contribution in [-0.4, -0.2) is 26.2 Å². The first-order valence-electron chi connectivity index (χ1n) is 8.81. The maximum absolute atomic E-state index is 13.6. The molecule has 4 rings (SSSR count). The van der Waals surface area contributed by atoms with Crippen LogP contribution in [0.4, 0.5) is 10.1 Å². The van der Waals surface area contributed by atoms with E-state index in [2.05, 4.69) is 10.4 Å². The molecule has 0 saturated carbocycles. The maximum Gasteiger partial charge on any atom is 0.272 e. The minimum Gasteiger partial charge on any atom is -0.463 e. The van der Waals surface area contributed by atoms with Gasteiger partial charge in [-0.3, -0.25) is 14.3 Å². The summed E-state index contributed by atoms with van der Waals surface area (Å²) < 4.78 is 22.1. The third-order valence-electron chi connectivity index (χ3n) is 4.68. The van der Waals surface area contributed by atoms with Crippen LogP contribution in [0.3, 0.4) is 0 Å². The van der Waals surface area contributed by atoms with Crippen molar-refractivity contribution in [2.45, 2.75) is 13.5 Å². The average molecular weight is 395 g/mol. The number of benzene rings is 1. The molecule has 2 amide bonds. The average Bonchev–Trinajstić information content (AvgIpc) is 3.30. The smallest absolute Gasteiger partial charge is 0.272 e. The summed E-state index contributed by atoms with van der Waals surface area (Å²) in [6.45, 7) is 1.93. The summed E-state index contributed by atoms with van der Waals surface area (Å²) in [4.78, 5) is 24.8. The van der Waals surface area contributed by atoms with Gasteiger partial charge < -0.3 is 20.0 Å². The number of hydrogen-bond donors (Lipinski definition) is 2. The van der Waals surface area contributed by atoms with E-state index in [1.165, 1.54) is 23.1 Å². The van der Waals surface area contributed by atoms with Crippen molar-refractivity contribution in [2.75, 3.05) is 5.32 Å². The zero-order valence-corrected chi connectivity index (χ0v) is 15.8. The Balaban J connectivity index is 1.74. The van der Waals surface area contributed by atoms with Gasteiger partial charge >= 0.3 is 0 Å². The Bertz CT molecular complexity index is 1250. The van der Waals surface area contributed by atoms with Gasteiger partial charge in [-0.25, -0.2) is 4.39 Å². The fourth-order valence-electron chi connectivity index (χ4n) is 3.42. The normalized spacial score (nSPS) is 11.1. The van der Waals surface area contributed by atoms with E-state index < -0.39 is 11.8 Å². The number of rotatable bonds is 5. The van der Waals surface area contributed by atoms with Crippen molar-refractivity contribution in [3.05, 3.63) is 71.1 Å². The predicted octanol–water partition coefficient (Wildman–Crippen LogP) is 2.81. The molecule has 1 aromatic carbocycles. The first-order valence-corrected chi connectivity index (χ1v) is 8.81. The van der Waals surface area contributed by atoms with Crippen LogP contribution in [0.1, 0.15) is 32.2 Å². The van der Waals surface area contributed by atoms with Crippen molar-refractivity contribution in [3.8, 4) is 0 Å². The molecule has 3 aromatic heterocycles. The molecule has 0 spiro atoms. The third-order valence-corrected chi connectivity index (χ3v) is 4.68. The van der Waals surface area contributed by atoms with Gasteiger partial charge in [0.15, 0.2) is 5.58 Å². The van der Waals surface area contributed by atoms with Crippen molar-refractivity contribution in [1.82, 2.24) is 14.3 Å². The van der Waals surface area contributed by atoms with Gasteiger partial charge in [-0.2, -0.15) is 5.10 Å². The van der Waals surface area contributed by atoms with Crippen LogP contribution < -0.4 is 11.1 Å². The SMILES string of the molecule is Cc1nn(C)c(C(N)=O)c1NC(=O)c1cc2occc2n1Cc1cccc(F)c1. The number of aromatic nitrogens is 3. The number of fused-ring (bicyclic) bond motifs is 1. The Labute approximate surface area is 164 Å². The van der Waals surface area contributed by atoms with Gasteiger partial charge in [0.2, 0.25) is 0 Å². The Morgan fingerprint density at radius 3 is 2.79 bits per heavy atom. The van der Waals surface area contributed by atoms with E-state index in [-0.39, 0.29) is 23.7 Å². The molecular formula is C20H18FN5O3. The van der Waals surface area contributed by atoms with E-state index in [9.17, 15) is 14.0 Å². The lowest BCUT2D eigenvalue weighted by molar-refractivity contribution is 0.0992. The van der Waals surface area contributed by atoms with Crippen LogP contribution in [0.15, 0.2) is 47.1 Å². The Hall–Kier alpha value is -3.88. The molecule has 0 aliphatic heterocycles. The highest BCUT2D eigenvalue weighted by Gasteiger charge is 2.23. The summed E-state index contributed by atoms with van der Waals surface area (Å²) in [5.74, 6) is -1.53. The highest BCUT2D eigenvalue weighted by molar-refractivity contribution is 6.09. The molecular weight excluding hydrogens is 377 g/mol. The van der Waals surface area contributed by atoms with Crippen LogP contribution in [0.25, 0.3) is 11.1 Å². The fourth-order valence-corrected chi connectivity index (χ4v) is 3.42. The highest BCUT2D eigenvalue weighted by Crippen LogP contribution is 2.25. The third kappa shape index (κ3) is 3.27. The Kier molecular flexibility index (Phi) is 4.42. The minimum absolute atomic E-state index is 0.0998. The van der Waals surface area contributed by atoms with E-state index >= 15 is 0 Å². The summed E-state index contributed by atoms with van der Waals surface area (Å²) in [5, 5.41) is 6.87. The second-order valence-corrected chi connectivity index (χ2v) is 6.67. The van der Waals surface area contributed by atoms with Crippen molar-refractivity contribution in [2.24, 2.45) is 12.8 Å². The number of nitrogens with one attached hydrogen (secondary N) is 1. The van der Waals surface area contributed by atoms with Crippen LogP contribution in [0.2, 0.25) is 0 Å². The van der Waals surface area contributed by atoms with Crippen molar-refractivity contribution >= 4 is 28.6 Å². The van der Waals surface area contributed by atoms with Crippen LogP contribution >= 0.6 is 0 Å². The van der Waals surface area contributed by atoms with Gasteiger partial charge in [-0.1, -0.05) is 12.1 Å². The standard InChI is InChI=1S/C20H18FN5O3/c1-11-17(18(19(22)27)25(2)24-11)23-20(28)15-9-16-14(6-7-29-16)26(15)10-12-4-3-5-13(21)8-12/h3-9H,10H2,1-2H3,(H2,22,27)(H,23,28). The van der Waals surface area contributed by atoms with Crippen LogP contribution in [0, 0.1) is 12.7 Å². The number of furan rings is 1. The van der Waals surface area contributed by atoms with Gasteiger partial charge in [0, 0.05) is 25.7 Å². The number of primary amides is 1. The number of nitrogens with two attached hydrogens (primary N) is 1.